The highest BCUT2D eigenvalue weighted by molar-refractivity contribution is 5.25. The molecule has 3 nitrogen and oxygen atoms in total. The van der Waals surface area contributed by atoms with Gasteiger partial charge in [-0.3, -0.25) is 0 Å². The summed E-state index contributed by atoms with van der Waals surface area (Å²) >= 11 is 0. The molecule has 0 aliphatic rings. The van der Waals surface area contributed by atoms with E-state index in [1.807, 2.05) is 18.2 Å². The van der Waals surface area contributed by atoms with Crippen molar-refractivity contribution >= 4 is 0 Å². The molecule has 1 aromatic carbocycles. The van der Waals surface area contributed by atoms with Gasteiger partial charge >= 0.3 is 0 Å². The SMILES string of the molecule is CC(C)NC(CO)(CN(C)C(C)C)c1ccccc1. The Hall–Kier alpha value is -0.900. The lowest BCUT2D eigenvalue weighted by atomic mass is 9.89. The van der Waals surface area contributed by atoms with E-state index in [9.17, 15) is 5.11 Å². The van der Waals surface area contributed by atoms with Gasteiger partial charge in [0.05, 0.1) is 12.1 Å². The van der Waals surface area contributed by atoms with Crippen LogP contribution in [0.4, 0.5) is 0 Å². The fourth-order valence-electron chi connectivity index (χ4n) is 2.33. The third kappa shape index (κ3) is 4.30. The Kier molecular flexibility index (Phi) is 5.98. The van der Waals surface area contributed by atoms with Crippen LogP contribution in [0.5, 0.6) is 0 Å². The number of aliphatic hydroxyl groups is 1. The van der Waals surface area contributed by atoms with Gasteiger partial charge in [-0.05, 0) is 40.3 Å². The molecule has 1 unspecified atom stereocenters. The average Bonchev–Trinajstić information content (AvgIpc) is 2.38. The first-order valence-corrected chi connectivity index (χ1v) is 7.05. The quantitative estimate of drug-likeness (QED) is 0.792. The van der Waals surface area contributed by atoms with Gasteiger partial charge in [0.2, 0.25) is 0 Å². The molecule has 0 saturated heterocycles. The topological polar surface area (TPSA) is 35.5 Å². The molecule has 108 valence electrons. The molecule has 2 N–H and O–H groups in total. The van der Waals surface area contributed by atoms with Gasteiger partial charge in [0.1, 0.15) is 0 Å². The van der Waals surface area contributed by atoms with Crippen LogP contribution in [0.25, 0.3) is 0 Å². The van der Waals surface area contributed by atoms with Crippen molar-refractivity contribution in [2.45, 2.75) is 45.3 Å². The minimum absolute atomic E-state index is 0.0895. The Morgan fingerprint density at radius 1 is 1.16 bits per heavy atom. The predicted octanol–water partition coefficient (Wildman–Crippen LogP) is 2.21. The third-order valence-electron chi connectivity index (χ3n) is 3.56. The summed E-state index contributed by atoms with van der Waals surface area (Å²) in [6.07, 6.45) is 0. The maximum Gasteiger partial charge on any atom is 0.0799 e. The minimum Gasteiger partial charge on any atom is -0.394 e. The molecule has 0 radical (unpaired) electrons. The highest BCUT2D eigenvalue weighted by Crippen LogP contribution is 2.23. The van der Waals surface area contributed by atoms with Crippen LogP contribution in [0.1, 0.15) is 33.3 Å². The first kappa shape index (κ1) is 16.2. The first-order chi connectivity index (χ1) is 8.91. The lowest BCUT2D eigenvalue weighted by Crippen LogP contribution is -2.56. The van der Waals surface area contributed by atoms with Gasteiger partial charge in [-0.1, -0.05) is 30.3 Å². The molecule has 0 spiro atoms. The zero-order chi connectivity index (χ0) is 14.5. The minimum atomic E-state index is -0.408. The molecular weight excluding hydrogens is 236 g/mol. The monoisotopic (exact) mass is 264 g/mol. The van der Waals surface area contributed by atoms with Gasteiger partial charge < -0.3 is 15.3 Å². The molecule has 0 amide bonds. The summed E-state index contributed by atoms with van der Waals surface area (Å²) in [6.45, 7) is 9.44. The second-order valence-corrected chi connectivity index (χ2v) is 5.91. The largest absolute Gasteiger partial charge is 0.394 e. The molecule has 0 fully saturated rings. The van der Waals surface area contributed by atoms with Crippen LogP contribution in [0.3, 0.4) is 0 Å². The van der Waals surface area contributed by atoms with E-state index in [0.29, 0.717) is 12.1 Å². The van der Waals surface area contributed by atoms with Crippen LogP contribution >= 0.6 is 0 Å². The molecule has 19 heavy (non-hydrogen) atoms. The maximum atomic E-state index is 10.0. The van der Waals surface area contributed by atoms with E-state index in [4.69, 9.17) is 0 Å². The molecular formula is C16H28N2O. The maximum absolute atomic E-state index is 10.0. The smallest absolute Gasteiger partial charge is 0.0799 e. The van der Waals surface area contributed by atoms with Crippen LogP contribution in [-0.2, 0) is 5.54 Å². The van der Waals surface area contributed by atoms with Crippen molar-refractivity contribution in [2.24, 2.45) is 0 Å². The number of hydrogen-bond acceptors (Lipinski definition) is 3. The molecule has 0 aromatic heterocycles. The molecule has 3 heteroatoms. The number of nitrogens with one attached hydrogen (secondary N) is 1. The fourth-order valence-corrected chi connectivity index (χ4v) is 2.33. The number of rotatable bonds is 7. The van der Waals surface area contributed by atoms with Crippen LogP contribution in [0, 0.1) is 0 Å². The van der Waals surface area contributed by atoms with Gasteiger partial charge in [0.25, 0.3) is 0 Å². The number of likely N-dealkylation sites (N-methyl/N-ethyl adjacent to an activating group) is 1. The van der Waals surface area contributed by atoms with Crippen molar-refractivity contribution in [3.63, 3.8) is 0 Å². The highest BCUT2D eigenvalue weighted by Gasteiger charge is 2.33. The predicted molar refractivity (Wildman–Crippen MR) is 81.2 cm³/mol. The van der Waals surface area contributed by atoms with Crippen molar-refractivity contribution in [1.29, 1.82) is 0 Å². The summed E-state index contributed by atoms with van der Waals surface area (Å²) in [5.41, 5.74) is 0.729. The Bertz CT molecular complexity index is 364. The first-order valence-electron chi connectivity index (χ1n) is 7.05. The van der Waals surface area contributed by atoms with Crippen molar-refractivity contribution < 1.29 is 5.11 Å². The highest BCUT2D eigenvalue weighted by atomic mass is 16.3. The molecule has 0 heterocycles. The van der Waals surface area contributed by atoms with E-state index in [-0.39, 0.29) is 6.61 Å². The number of hydrogen-bond donors (Lipinski definition) is 2. The second-order valence-electron chi connectivity index (χ2n) is 5.91. The van der Waals surface area contributed by atoms with Gasteiger partial charge in [0.15, 0.2) is 0 Å². The lowest BCUT2D eigenvalue weighted by Gasteiger charge is -2.40. The number of benzene rings is 1. The number of nitrogens with zero attached hydrogens (tertiary/aromatic N) is 1. The second kappa shape index (κ2) is 7.04. The van der Waals surface area contributed by atoms with E-state index >= 15 is 0 Å². The molecule has 0 aliphatic heterocycles. The van der Waals surface area contributed by atoms with Gasteiger partial charge in [-0.25, -0.2) is 0 Å². The lowest BCUT2D eigenvalue weighted by molar-refractivity contribution is 0.0982. The van der Waals surface area contributed by atoms with Gasteiger partial charge in [-0.15, -0.1) is 0 Å². The van der Waals surface area contributed by atoms with Crippen LogP contribution in [0.15, 0.2) is 30.3 Å². The molecule has 0 bridgehead atoms. The normalized spacial score (nSPS) is 15.2. The Morgan fingerprint density at radius 3 is 2.16 bits per heavy atom. The summed E-state index contributed by atoms with van der Waals surface area (Å²) in [5.74, 6) is 0. The van der Waals surface area contributed by atoms with Gasteiger partial charge in [0, 0.05) is 18.6 Å². The molecule has 1 atom stereocenters. The van der Waals surface area contributed by atoms with Gasteiger partial charge in [-0.2, -0.15) is 0 Å². The molecule has 0 saturated carbocycles. The Labute approximate surface area is 117 Å². The summed E-state index contributed by atoms with van der Waals surface area (Å²) in [6, 6.07) is 11.0. The van der Waals surface area contributed by atoms with Crippen LogP contribution in [0.2, 0.25) is 0 Å². The van der Waals surface area contributed by atoms with Crippen LogP contribution in [-0.4, -0.2) is 42.3 Å². The molecule has 0 aliphatic carbocycles. The molecule has 1 rings (SSSR count). The zero-order valence-corrected chi connectivity index (χ0v) is 12.9. The summed E-state index contributed by atoms with van der Waals surface area (Å²) in [7, 11) is 2.10. The van der Waals surface area contributed by atoms with Crippen molar-refractivity contribution in [3.05, 3.63) is 35.9 Å². The van der Waals surface area contributed by atoms with E-state index in [2.05, 4.69) is 57.1 Å². The van der Waals surface area contributed by atoms with E-state index in [0.717, 1.165) is 12.1 Å². The van der Waals surface area contributed by atoms with E-state index < -0.39 is 5.54 Å². The van der Waals surface area contributed by atoms with Crippen molar-refractivity contribution in [2.75, 3.05) is 20.2 Å². The average molecular weight is 264 g/mol. The van der Waals surface area contributed by atoms with E-state index in [1.165, 1.54) is 0 Å². The Morgan fingerprint density at radius 2 is 1.74 bits per heavy atom. The van der Waals surface area contributed by atoms with Crippen molar-refractivity contribution in [1.82, 2.24) is 10.2 Å². The van der Waals surface area contributed by atoms with Crippen LogP contribution < -0.4 is 5.32 Å². The standard InChI is InChI=1S/C16H28N2O/c1-13(2)17-16(12-19,11-18(5)14(3)4)15-9-7-6-8-10-15/h6-10,13-14,17,19H,11-12H2,1-5H3. The third-order valence-corrected chi connectivity index (χ3v) is 3.56. The Balaban J connectivity index is 3.08. The zero-order valence-electron chi connectivity index (χ0n) is 12.9. The van der Waals surface area contributed by atoms with Crippen molar-refractivity contribution in [3.8, 4) is 0 Å². The summed E-state index contributed by atoms with van der Waals surface area (Å²) in [5, 5.41) is 13.6. The van der Waals surface area contributed by atoms with E-state index in [1.54, 1.807) is 0 Å². The summed E-state index contributed by atoms with van der Waals surface area (Å²) in [4.78, 5) is 2.26. The fraction of sp³-hybridized carbons (Fsp3) is 0.625. The summed E-state index contributed by atoms with van der Waals surface area (Å²) < 4.78 is 0. The molecule has 1 aromatic rings. The number of aliphatic hydroxyl groups excluding tert-OH is 1.